The highest BCUT2D eigenvalue weighted by molar-refractivity contribution is 5.49. The number of carbonyl (C=O) groups is 1. The molecular formula is C12H16N2O. The van der Waals surface area contributed by atoms with Crippen LogP contribution in [0.3, 0.4) is 0 Å². The maximum Gasteiger partial charge on any atom is 0.210 e. The molecule has 1 aliphatic rings. The van der Waals surface area contributed by atoms with Crippen LogP contribution in [0, 0.1) is 6.92 Å². The third kappa shape index (κ3) is 2.01. The van der Waals surface area contributed by atoms with Crippen LogP contribution in [0.5, 0.6) is 0 Å². The van der Waals surface area contributed by atoms with Crippen molar-refractivity contribution in [3.63, 3.8) is 0 Å². The summed E-state index contributed by atoms with van der Waals surface area (Å²) in [6, 6.07) is 2.25. The fraction of sp³-hybridized carbons (Fsp3) is 0.500. The largest absolute Gasteiger partial charge is 0.338 e. The molecule has 3 heteroatoms. The molecule has 1 atom stereocenters. The number of aryl methyl sites for hydroxylation is 1. The summed E-state index contributed by atoms with van der Waals surface area (Å²) in [5, 5.41) is 0. The minimum absolute atomic E-state index is 0.241. The Hall–Kier alpha value is -1.38. The summed E-state index contributed by atoms with van der Waals surface area (Å²) in [4.78, 5) is 17.0. The molecule has 1 fully saturated rings. The molecule has 1 unspecified atom stereocenters. The van der Waals surface area contributed by atoms with Gasteiger partial charge in [0.2, 0.25) is 6.41 Å². The molecule has 1 amide bonds. The smallest absolute Gasteiger partial charge is 0.210 e. The van der Waals surface area contributed by atoms with Crippen LogP contribution in [0.4, 0.5) is 0 Å². The number of nitrogens with zero attached hydrogens (tertiary/aromatic N) is 2. The molecule has 2 rings (SSSR count). The third-order valence-corrected chi connectivity index (χ3v) is 3.12. The van der Waals surface area contributed by atoms with Gasteiger partial charge in [0, 0.05) is 18.9 Å². The zero-order valence-corrected chi connectivity index (χ0v) is 9.02. The van der Waals surface area contributed by atoms with Gasteiger partial charge in [0.05, 0.1) is 6.04 Å². The Balaban J connectivity index is 2.28. The number of amides is 1. The summed E-state index contributed by atoms with van der Waals surface area (Å²) >= 11 is 0. The Morgan fingerprint density at radius 3 is 3.13 bits per heavy atom. The van der Waals surface area contributed by atoms with Crippen LogP contribution in [0.1, 0.15) is 36.4 Å². The van der Waals surface area contributed by atoms with E-state index in [9.17, 15) is 4.79 Å². The van der Waals surface area contributed by atoms with Crippen molar-refractivity contribution in [1.82, 2.24) is 9.88 Å². The first kappa shape index (κ1) is 10.1. The molecule has 3 nitrogen and oxygen atoms in total. The molecule has 2 heterocycles. The van der Waals surface area contributed by atoms with E-state index in [0.29, 0.717) is 0 Å². The van der Waals surface area contributed by atoms with Gasteiger partial charge in [0.15, 0.2) is 0 Å². The van der Waals surface area contributed by atoms with Crippen LogP contribution >= 0.6 is 0 Å². The van der Waals surface area contributed by atoms with Gasteiger partial charge in [0.1, 0.15) is 0 Å². The van der Waals surface area contributed by atoms with Gasteiger partial charge >= 0.3 is 0 Å². The summed E-state index contributed by atoms with van der Waals surface area (Å²) in [5.41, 5.74) is 2.42. The standard InChI is InChI=1S/C12H16N2O/c1-10-5-6-13-8-11(10)12-4-2-3-7-14(12)9-15/h5-6,8-9,12H,2-4,7H2,1H3. The predicted octanol–water partition coefficient (Wildman–Crippen LogP) is 2.07. The summed E-state index contributed by atoms with van der Waals surface area (Å²) in [6.45, 7) is 2.96. The third-order valence-electron chi connectivity index (χ3n) is 3.12. The number of piperidine rings is 1. The lowest BCUT2D eigenvalue weighted by atomic mass is 9.94. The van der Waals surface area contributed by atoms with Crippen molar-refractivity contribution in [1.29, 1.82) is 0 Å². The van der Waals surface area contributed by atoms with Crippen molar-refractivity contribution in [2.75, 3.05) is 6.54 Å². The first-order valence-electron chi connectivity index (χ1n) is 5.44. The first-order chi connectivity index (χ1) is 7.33. The van der Waals surface area contributed by atoms with Crippen molar-refractivity contribution >= 4 is 6.41 Å². The van der Waals surface area contributed by atoms with Gasteiger partial charge in [-0.25, -0.2) is 0 Å². The fourth-order valence-corrected chi connectivity index (χ4v) is 2.24. The van der Waals surface area contributed by atoms with E-state index in [0.717, 1.165) is 25.8 Å². The average Bonchev–Trinajstić information content (AvgIpc) is 2.30. The highest BCUT2D eigenvalue weighted by Gasteiger charge is 2.23. The zero-order valence-electron chi connectivity index (χ0n) is 9.02. The van der Waals surface area contributed by atoms with Crippen molar-refractivity contribution in [2.45, 2.75) is 32.2 Å². The van der Waals surface area contributed by atoms with E-state index in [-0.39, 0.29) is 6.04 Å². The Labute approximate surface area is 90.1 Å². The maximum atomic E-state index is 11.0. The van der Waals surface area contributed by atoms with Crippen molar-refractivity contribution < 1.29 is 4.79 Å². The number of carbonyl (C=O) groups excluding carboxylic acids is 1. The number of aromatic nitrogens is 1. The Bertz CT molecular complexity index is 351. The Kier molecular flexibility index (Phi) is 2.99. The monoisotopic (exact) mass is 204 g/mol. The Morgan fingerprint density at radius 1 is 1.53 bits per heavy atom. The van der Waals surface area contributed by atoms with Crippen molar-refractivity contribution in [3.8, 4) is 0 Å². The molecule has 0 N–H and O–H groups in total. The lowest BCUT2D eigenvalue weighted by Gasteiger charge is -2.33. The average molecular weight is 204 g/mol. The second kappa shape index (κ2) is 4.43. The molecule has 0 spiro atoms. The van der Waals surface area contributed by atoms with E-state index in [4.69, 9.17) is 0 Å². The summed E-state index contributed by atoms with van der Waals surface area (Å²) < 4.78 is 0. The van der Waals surface area contributed by atoms with Crippen LogP contribution in [0.15, 0.2) is 18.5 Å². The summed E-state index contributed by atoms with van der Waals surface area (Å²) in [7, 11) is 0. The molecule has 0 bridgehead atoms. The first-order valence-corrected chi connectivity index (χ1v) is 5.44. The van der Waals surface area contributed by atoms with Crippen molar-refractivity contribution in [3.05, 3.63) is 29.6 Å². The predicted molar refractivity (Wildman–Crippen MR) is 58.3 cm³/mol. The maximum absolute atomic E-state index is 11.0. The molecule has 1 aromatic heterocycles. The quantitative estimate of drug-likeness (QED) is 0.691. The molecule has 15 heavy (non-hydrogen) atoms. The van der Waals surface area contributed by atoms with Gasteiger partial charge in [-0.3, -0.25) is 9.78 Å². The van der Waals surface area contributed by atoms with Crippen LogP contribution in [-0.2, 0) is 4.79 Å². The molecule has 1 aromatic rings. The van der Waals surface area contributed by atoms with Crippen molar-refractivity contribution in [2.24, 2.45) is 0 Å². The minimum Gasteiger partial charge on any atom is -0.338 e. The van der Waals surface area contributed by atoms with Gasteiger partial charge in [-0.05, 0) is 43.4 Å². The number of hydrogen-bond acceptors (Lipinski definition) is 2. The van der Waals surface area contributed by atoms with Crippen LogP contribution in [0.2, 0.25) is 0 Å². The molecular weight excluding hydrogens is 188 g/mol. The van der Waals surface area contributed by atoms with Crippen LogP contribution < -0.4 is 0 Å². The molecule has 80 valence electrons. The lowest BCUT2D eigenvalue weighted by molar-refractivity contribution is -0.121. The van der Waals surface area contributed by atoms with E-state index >= 15 is 0 Å². The SMILES string of the molecule is Cc1ccncc1C1CCCCN1C=O. The molecule has 1 saturated heterocycles. The normalized spacial score (nSPS) is 21.4. The highest BCUT2D eigenvalue weighted by atomic mass is 16.1. The van der Waals surface area contributed by atoms with Gasteiger partial charge in [0.25, 0.3) is 0 Å². The van der Waals surface area contributed by atoms with E-state index in [1.807, 2.05) is 17.2 Å². The van der Waals surface area contributed by atoms with E-state index in [2.05, 4.69) is 11.9 Å². The van der Waals surface area contributed by atoms with Crippen LogP contribution in [0.25, 0.3) is 0 Å². The lowest BCUT2D eigenvalue weighted by Crippen LogP contribution is -2.32. The summed E-state index contributed by atoms with van der Waals surface area (Å²) in [6.07, 6.45) is 8.04. The van der Waals surface area contributed by atoms with Crippen LogP contribution in [-0.4, -0.2) is 22.8 Å². The second-order valence-corrected chi connectivity index (χ2v) is 4.09. The van der Waals surface area contributed by atoms with Gasteiger partial charge in [-0.2, -0.15) is 0 Å². The number of rotatable bonds is 2. The number of pyridine rings is 1. The van der Waals surface area contributed by atoms with E-state index in [1.165, 1.54) is 17.5 Å². The number of likely N-dealkylation sites (tertiary alicyclic amines) is 1. The number of hydrogen-bond donors (Lipinski definition) is 0. The van der Waals surface area contributed by atoms with Gasteiger partial charge in [-0.15, -0.1) is 0 Å². The Morgan fingerprint density at radius 2 is 2.40 bits per heavy atom. The molecule has 0 aliphatic carbocycles. The summed E-state index contributed by atoms with van der Waals surface area (Å²) in [5.74, 6) is 0. The fourth-order valence-electron chi connectivity index (χ4n) is 2.24. The molecule has 0 saturated carbocycles. The van der Waals surface area contributed by atoms with Gasteiger partial charge in [-0.1, -0.05) is 0 Å². The molecule has 0 aromatic carbocycles. The molecule has 0 radical (unpaired) electrons. The van der Waals surface area contributed by atoms with Gasteiger partial charge < -0.3 is 4.90 Å². The van der Waals surface area contributed by atoms with E-state index < -0.39 is 0 Å². The highest BCUT2D eigenvalue weighted by Crippen LogP contribution is 2.30. The second-order valence-electron chi connectivity index (χ2n) is 4.09. The van der Waals surface area contributed by atoms with E-state index in [1.54, 1.807) is 6.20 Å². The molecule has 1 aliphatic heterocycles. The minimum atomic E-state index is 0.241. The topological polar surface area (TPSA) is 33.2 Å². The zero-order chi connectivity index (χ0) is 10.7.